The number of guanidine groups is 1. The molecule has 138 valence electrons. The van der Waals surface area contributed by atoms with Crippen molar-refractivity contribution in [2.45, 2.75) is 32.2 Å². The minimum Gasteiger partial charge on any atom is -0.355 e. The Hall–Kier alpha value is -1.46. The highest BCUT2D eigenvalue weighted by Crippen LogP contribution is 2.38. The standard InChI is InChI=1S/C18H26Cl2N4O/c1-21-17(22-11-13-6-7-14(19)10-15(13)20)23-12-18(8-4-5-9-18)16(25)24(2)3/h6-7,10H,4-5,8-9,11-12H2,1-3H3,(H2,21,22,23). The Morgan fingerprint density at radius 1 is 1.24 bits per heavy atom. The first kappa shape index (κ1) is 19.9. The molecule has 2 N–H and O–H groups in total. The van der Waals surface area contributed by atoms with Gasteiger partial charge in [-0.05, 0) is 30.5 Å². The van der Waals surface area contributed by atoms with Crippen LogP contribution in [0.4, 0.5) is 0 Å². The average molecular weight is 385 g/mol. The van der Waals surface area contributed by atoms with Gasteiger partial charge in [0, 0.05) is 44.3 Å². The second-order valence-corrected chi connectivity index (χ2v) is 7.55. The zero-order valence-corrected chi connectivity index (χ0v) is 16.5. The van der Waals surface area contributed by atoms with Crippen molar-refractivity contribution >= 4 is 35.1 Å². The molecule has 1 amide bonds. The van der Waals surface area contributed by atoms with Gasteiger partial charge in [-0.25, -0.2) is 0 Å². The Morgan fingerprint density at radius 2 is 1.92 bits per heavy atom. The van der Waals surface area contributed by atoms with E-state index in [1.165, 1.54) is 0 Å². The molecule has 0 heterocycles. The van der Waals surface area contributed by atoms with Gasteiger partial charge in [-0.2, -0.15) is 0 Å². The third kappa shape index (κ3) is 5.02. The smallest absolute Gasteiger partial charge is 0.230 e. The summed E-state index contributed by atoms with van der Waals surface area (Å²) in [5.74, 6) is 0.845. The number of hydrogen-bond acceptors (Lipinski definition) is 2. The third-order valence-corrected chi connectivity index (χ3v) is 5.29. The molecule has 7 heteroatoms. The van der Waals surface area contributed by atoms with Crippen LogP contribution >= 0.6 is 23.2 Å². The number of carbonyl (C=O) groups is 1. The molecule has 0 atom stereocenters. The summed E-state index contributed by atoms with van der Waals surface area (Å²) >= 11 is 12.1. The topological polar surface area (TPSA) is 56.7 Å². The van der Waals surface area contributed by atoms with E-state index >= 15 is 0 Å². The maximum absolute atomic E-state index is 12.6. The summed E-state index contributed by atoms with van der Waals surface area (Å²) in [6, 6.07) is 5.42. The molecule has 1 aliphatic carbocycles. The minimum atomic E-state index is -0.334. The number of carbonyl (C=O) groups excluding carboxylic acids is 1. The first-order valence-corrected chi connectivity index (χ1v) is 9.24. The molecular weight excluding hydrogens is 359 g/mol. The first-order valence-electron chi connectivity index (χ1n) is 8.48. The first-order chi connectivity index (χ1) is 11.9. The largest absolute Gasteiger partial charge is 0.355 e. The van der Waals surface area contributed by atoms with Gasteiger partial charge >= 0.3 is 0 Å². The molecule has 5 nitrogen and oxygen atoms in total. The molecule has 2 rings (SSSR count). The maximum Gasteiger partial charge on any atom is 0.230 e. The Morgan fingerprint density at radius 3 is 2.48 bits per heavy atom. The van der Waals surface area contributed by atoms with E-state index in [1.807, 2.05) is 26.2 Å². The Balaban J connectivity index is 1.96. The monoisotopic (exact) mass is 384 g/mol. The number of nitrogens with zero attached hydrogens (tertiary/aromatic N) is 2. The Kier molecular flexibility index (Phi) is 6.96. The molecule has 1 aliphatic rings. The van der Waals surface area contributed by atoms with E-state index in [0.717, 1.165) is 31.2 Å². The van der Waals surface area contributed by atoms with Gasteiger partial charge in [0.05, 0.1) is 5.41 Å². The predicted molar refractivity (Wildman–Crippen MR) is 104 cm³/mol. The fourth-order valence-electron chi connectivity index (χ4n) is 3.31. The van der Waals surface area contributed by atoms with Crippen LogP contribution in [0.1, 0.15) is 31.2 Å². The molecule has 0 aliphatic heterocycles. The summed E-state index contributed by atoms with van der Waals surface area (Å²) in [5.41, 5.74) is 0.605. The highest BCUT2D eigenvalue weighted by Gasteiger charge is 2.42. The normalized spacial score (nSPS) is 16.6. The van der Waals surface area contributed by atoms with E-state index in [-0.39, 0.29) is 11.3 Å². The predicted octanol–water partition coefficient (Wildman–Crippen LogP) is 3.31. The van der Waals surface area contributed by atoms with Gasteiger partial charge in [-0.1, -0.05) is 42.1 Å². The highest BCUT2D eigenvalue weighted by atomic mass is 35.5. The molecule has 1 aromatic rings. The zero-order chi connectivity index (χ0) is 18.4. The van der Waals surface area contributed by atoms with Crippen LogP contribution in [-0.4, -0.2) is 44.5 Å². The summed E-state index contributed by atoms with van der Waals surface area (Å²) in [4.78, 5) is 18.6. The Labute approximate surface area is 159 Å². The number of benzene rings is 1. The van der Waals surface area contributed by atoms with Crippen molar-refractivity contribution < 1.29 is 4.79 Å². The zero-order valence-electron chi connectivity index (χ0n) is 15.0. The van der Waals surface area contributed by atoms with E-state index in [4.69, 9.17) is 23.2 Å². The van der Waals surface area contributed by atoms with Crippen LogP contribution < -0.4 is 10.6 Å². The van der Waals surface area contributed by atoms with Crippen molar-refractivity contribution in [2.24, 2.45) is 10.4 Å². The molecule has 0 bridgehead atoms. The molecule has 25 heavy (non-hydrogen) atoms. The summed E-state index contributed by atoms with van der Waals surface area (Å²) in [6.07, 6.45) is 4.01. The van der Waals surface area contributed by atoms with E-state index in [0.29, 0.717) is 29.1 Å². The fourth-order valence-corrected chi connectivity index (χ4v) is 3.79. The Bertz CT molecular complexity index is 640. The molecule has 0 unspecified atom stereocenters. The lowest BCUT2D eigenvalue weighted by atomic mass is 9.84. The molecule has 0 aromatic heterocycles. The highest BCUT2D eigenvalue weighted by molar-refractivity contribution is 6.35. The van der Waals surface area contributed by atoms with Gasteiger partial charge in [0.1, 0.15) is 0 Å². The maximum atomic E-state index is 12.6. The van der Waals surface area contributed by atoms with E-state index in [1.54, 1.807) is 18.0 Å². The number of halogens is 2. The van der Waals surface area contributed by atoms with Crippen LogP contribution in [0.15, 0.2) is 23.2 Å². The molecule has 0 radical (unpaired) electrons. The second-order valence-electron chi connectivity index (χ2n) is 6.70. The number of rotatable bonds is 5. The summed E-state index contributed by atoms with van der Waals surface area (Å²) in [6.45, 7) is 1.11. The van der Waals surface area contributed by atoms with E-state index in [2.05, 4.69) is 15.6 Å². The lowest BCUT2D eigenvalue weighted by Crippen LogP contribution is -2.49. The van der Waals surface area contributed by atoms with E-state index in [9.17, 15) is 4.79 Å². The third-order valence-electron chi connectivity index (χ3n) is 4.70. The second kappa shape index (κ2) is 8.77. The van der Waals surface area contributed by atoms with Crippen molar-refractivity contribution in [3.05, 3.63) is 33.8 Å². The molecule has 1 fully saturated rings. The van der Waals surface area contributed by atoms with Gasteiger partial charge in [0.15, 0.2) is 5.96 Å². The lowest BCUT2D eigenvalue weighted by Gasteiger charge is -2.31. The number of nitrogens with one attached hydrogen (secondary N) is 2. The van der Waals surface area contributed by atoms with Gasteiger partial charge < -0.3 is 15.5 Å². The van der Waals surface area contributed by atoms with Gasteiger partial charge in [0.25, 0.3) is 0 Å². The van der Waals surface area contributed by atoms with Crippen molar-refractivity contribution in [2.75, 3.05) is 27.7 Å². The van der Waals surface area contributed by atoms with Crippen LogP contribution in [0.3, 0.4) is 0 Å². The fraction of sp³-hybridized carbons (Fsp3) is 0.556. The molecular formula is C18H26Cl2N4O. The quantitative estimate of drug-likeness (QED) is 0.604. The summed E-state index contributed by atoms with van der Waals surface area (Å²) in [5, 5.41) is 7.78. The van der Waals surface area contributed by atoms with Crippen molar-refractivity contribution in [1.29, 1.82) is 0 Å². The van der Waals surface area contributed by atoms with Crippen LogP contribution in [0.2, 0.25) is 10.0 Å². The van der Waals surface area contributed by atoms with Crippen molar-refractivity contribution in [3.8, 4) is 0 Å². The van der Waals surface area contributed by atoms with Crippen LogP contribution in [0.5, 0.6) is 0 Å². The van der Waals surface area contributed by atoms with Crippen LogP contribution in [0.25, 0.3) is 0 Å². The lowest BCUT2D eigenvalue weighted by molar-refractivity contribution is -0.138. The summed E-state index contributed by atoms with van der Waals surface area (Å²) < 4.78 is 0. The van der Waals surface area contributed by atoms with Gasteiger partial charge in [0.2, 0.25) is 5.91 Å². The molecule has 1 aromatic carbocycles. The molecule has 0 saturated heterocycles. The van der Waals surface area contributed by atoms with Crippen LogP contribution in [0, 0.1) is 5.41 Å². The number of hydrogen-bond donors (Lipinski definition) is 2. The van der Waals surface area contributed by atoms with Crippen LogP contribution in [-0.2, 0) is 11.3 Å². The number of aliphatic imine (C=N–C) groups is 1. The van der Waals surface area contributed by atoms with Crippen molar-refractivity contribution in [1.82, 2.24) is 15.5 Å². The molecule has 0 spiro atoms. The van der Waals surface area contributed by atoms with Gasteiger partial charge in [-0.3, -0.25) is 9.79 Å². The SMILES string of the molecule is CN=C(NCc1ccc(Cl)cc1Cl)NCC1(C(=O)N(C)C)CCCC1. The molecule has 1 saturated carbocycles. The minimum absolute atomic E-state index is 0.189. The van der Waals surface area contributed by atoms with Gasteiger partial charge in [-0.15, -0.1) is 0 Å². The van der Waals surface area contributed by atoms with E-state index < -0.39 is 0 Å². The van der Waals surface area contributed by atoms with Crippen molar-refractivity contribution in [3.63, 3.8) is 0 Å². The average Bonchev–Trinajstić information content (AvgIpc) is 3.05. The summed E-state index contributed by atoms with van der Waals surface area (Å²) in [7, 11) is 5.35. The number of amides is 1.